The first kappa shape index (κ1) is 27.3. The molecule has 0 spiro atoms. The van der Waals surface area contributed by atoms with Gasteiger partial charge in [0.05, 0.1) is 27.1 Å². The maximum Gasteiger partial charge on any atom is 0.345 e. The van der Waals surface area contributed by atoms with Crippen LogP contribution in [0.2, 0.25) is 10.0 Å². The van der Waals surface area contributed by atoms with Crippen molar-refractivity contribution in [3.63, 3.8) is 0 Å². The number of esters is 1. The van der Waals surface area contributed by atoms with Gasteiger partial charge in [0.2, 0.25) is 5.91 Å². The van der Waals surface area contributed by atoms with Crippen LogP contribution in [0, 0.1) is 0 Å². The normalized spacial score (nSPS) is 14.1. The Bertz CT molecular complexity index is 1440. The molecular weight excluding hydrogens is 551 g/mol. The lowest BCUT2D eigenvalue weighted by Crippen LogP contribution is -2.36. The number of imide groups is 1. The Morgan fingerprint density at radius 2 is 1.71 bits per heavy atom. The average molecular weight is 571 g/mol. The quantitative estimate of drug-likeness (QED) is 0.193. The number of nitrogens with one attached hydrogen (secondary N) is 1. The molecule has 1 aliphatic rings. The smallest absolute Gasteiger partial charge is 0.345 e. The van der Waals surface area contributed by atoms with Crippen LogP contribution in [0.5, 0.6) is 11.5 Å². The first-order valence-corrected chi connectivity index (χ1v) is 12.9. The summed E-state index contributed by atoms with van der Waals surface area (Å²) in [6.45, 7) is 1.55. The molecule has 0 radical (unpaired) electrons. The largest absolute Gasteiger partial charge is 0.490 e. The van der Waals surface area contributed by atoms with Crippen LogP contribution >= 0.6 is 35.0 Å². The van der Waals surface area contributed by atoms with Gasteiger partial charge >= 0.3 is 5.97 Å². The van der Waals surface area contributed by atoms with Crippen molar-refractivity contribution < 1.29 is 28.7 Å². The van der Waals surface area contributed by atoms with E-state index in [9.17, 15) is 19.2 Å². The number of para-hydroxylation sites is 1. The lowest BCUT2D eigenvalue weighted by molar-refractivity contribution is -0.127. The molecule has 0 unspecified atom stereocenters. The van der Waals surface area contributed by atoms with Gasteiger partial charge in [0, 0.05) is 5.69 Å². The average Bonchev–Trinajstić information content (AvgIpc) is 3.14. The molecule has 194 valence electrons. The molecule has 0 bridgehead atoms. The summed E-state index contributed by atoms with van der Waals surface area (Å²) >= 11 is 13.2. The summed E-state index contributed by atoms with van der Waals surface area (Å²) in [4.78, 5) is 51.4. The van der Waals surface area contributed by atoms with Crippen LogP contribution in [0.3, 0.4) is 0 Å². The molecule has 1 N–H and O–H groups in total. The predicted molar refractivity (Wildman–Crippen MR) is 147 cm³/mol. The zero-order valence-corrected chi connectivity index (χ0v) is 22.2. The molecule has 0 aromatic heterocycles. The van der Waals surface area contributed by atoms with Crippen molar-refractivity contribution in [2.24, 2.45) is 0 Å². The number of ether oxygens (including phenoxy) is 2. The van der Waals surface area contributed by atoms with E-state index in [1.165, 1.54) is 24.3 Å². The van der Waals surface area contributed by atoms with Crippen molar-refractivity contribution in [3.8, 4) is 11.5 Å². The number of hydrogen-bond donors (Lipinski definition) is 1. The predicted octanol–water partition coefficient (Wildman–Crippen LogP) is 6.29. The van der Waals surface area contributed by atoms with Gasteiger partial charge in [-0.2, -0.15) is 0 Å². The highest BCUT2D eigenvalue weighted by Gasteiger charge is 2.36. The number of anilines is 1. The Labute approximate surface area is 232 Å². The highest BCUT2D eigenvalue weighted by Crippen LogP contribution is 2.39. The van der Waals surface area contributed by atoms with Crippen LogP contribution in [-0.4, -0.2) is 41.1 Å². The topological polar surface area (TPSA) is 102 Å². The minimum absolute atomic E-state index is 0.0127. The Hall–Kier alpha value is -3.79. The molecule has 3 amide bonds. The summed E-state index contributed by atoms with van der Waals surface area (Å²) < 4.78 is 11.1. The van der Waals surface area contributed by atoms with Gasteiger partial charge in [-0.05, 0) is 66.7 Å². The van der Waals surface area contributed by atoms with Gasteiger partial charge in [-0.15, -0.1) is 0 Å². The van der Waals surface area contributed by atoms with Crippen LogP contribution in [0.15, 0.2) is 71.6 Å². The van der Waals surface area contributed by atoms with Crippen molar-refractivity contribution in [2.45, 2.75) is 6.92 Å². The zero-order chi connectivity index (χ0) is 27.2. The highest BCUT2D eigenvalue weighted by atomic mass is 35.5. The van der Waals surface area contributed by atoms with E-state index in [0.29, 0.717) is 23.0 Å². The Kier molecular flexibility index (Phi) is 8.73. The number of benzene rings is 3. The number of hydrogen-bond acceptors (Lipinski definition) is 7. The van der Waals surface area contributed by atoms with Gasteiger partial charge in [-0.25, -0.2) is 4.79 Å². The molecular formula is C27H20Cl2N2O6S. The molecule has 4 rings (SSSR count). The van der Waals surface area contributed by atoms with Crippen LogP contribution in [0.4, 0.5) is 10.5 Å². The van der Waals surface area contributed by atoms with Gasteiger partial charge in [-0.1, -0.05) is 53.5 Å². The number of thioether (sulfide) groups is 1. The molecule has 3 aromatic carbocycles. The molecule has 3 aromatic rings. The summed E-state index contributed by atoms with van der Waals surface area (Å²) in [6.07, 6.45) is 1.45. The maximum absolute atomic E-state index is 12.9. The second kappa shape index (κ2) is 12.2. The Morgan fingerprint density at radius 1 is 1.00 bits per heavy atom. The van der Waals surface area contributed by atoms with E-state index in [1.54, 1.807) is 55.5 Å². The zero-order valence-electron chi connectivity index (χ0n) is 19.9. The summed E-state index contributed by atoms with van der Waals surface area (Å²) in [7, 11) is 0. The van der Waals surface area contributed by atoms with Crippen molar-refractivity contribution in [2.75, 3.05) is 18.5 Å². The van der Waals surface area contributed by atoms with Crippen LogP contribution in [-0.2, 0) is 9.59 Å². The molecule has 1 heterocycles. The summed E-state index contributed by atoms with van der Waals surface area (Å²) in [6, 6.07) is 18.1. The standard InChI is InChI=1S/C27H20Cl2N2O6S/c1-2-36-21-13-16(12-20(29)24(21)37-26(34)18-10-6-7-11-19(18)28)14-22-25(33)31(27(35)38-22)15-23(32)30-17-8-4-3-5-9-17/h3-14H,2,15H2,1H3,(H,30,32)/b22-14-. The molecule has 0 saturated carbocycles. The van der Waals surface area contributed by atoms with E-state index >= 15 is 0 Å². The van der Waals surface area contributed by atoms with Gasteiger partial charge in [-0.3, -0.25) is 19.3 Å². The van der Waals surface area contributed by atoms with Gasteiger partial charge in [0.15, 0.2) is 11.5 Å². The Morgan fingerprint density at radius 3 is 2.42 bits per heavy atom. The van der Waals surface area contributed by atoms with E-state index in [0.717, 1.165) is 4.90 Å². The van der Waals surface area contributed by atoms with E-state index in [4.69, 9.17) is 32.7 Å². The molecule has 8 nitrogen and oxygen atoms in total. The fourth-order valence-corrected chi connectivity index (χ4v) is 4.77. The van der Waals surface area contributed by atoms with Gasteiger partial charge in [0.25, 0.3) is 11.1 Å². The summed E-state index contributed by atoms with van der Waals surface area (Å²) in [5, 5.41) is 2.33. The van der Waals surface area contributed by atoms with E-state index < -0.39 is 29.6 Å². The minimum Gasteiger partial charge on any atom is -0.490 e. The summed E-state index contributed by atoms with van der Waals surface area (Å²) in [5.74, 6) is -1.70. The van der Waals surface area contributed by atoms with Crippen LogP contribution in [0.25, 0.3) is 6.08 Å². The van der Waals surface area contributed by atoms with Gasteiger partial charge in [0.1, 0.15) is 6.54 Å². The second-order valence-electron chi connectivity index (χ2n) is 7.81. The summed E-state index contributed by atoms with van der Waals surface area (Å²) in [5.41, 5.74) is 1.13. The monoisotopic (exact) mass is 570 g/mol. The van der Waals surface area contributed by atoms with Crippen LogP contribution in [0.1, 0.15) is 22.8 Å². The molecule has 38 heavy (non-hydrogen) atoms. The third-order valence-electron chi connectivity index (χ3n) is 5.15. The van der Waals surface area contributed by atoms with Gasteiger partial charge < -0.3 is 14.8 Å². The maximum atomic E-state index is 12.9. The SMILES string of the molecule is CCOc1cc(/C=C2\SC(=O)N(CC(=O)Nc3ccccc3)C2=O)cc(Cl)c1OC(=O)c1ccccc1Cl. The molecule has 1 aliphatic heterocycles. The number of halogens is 2. The number of nitrogens with zero attached hydrogens (tertiary/aromatic N) is 1. The van der Waals surface area contributed by atoms with Crippen molar-refractivity contribution in [3.05, 3.63) is 92.8 Å². The number of carbonyl (C=O) groups excluding carboxylic acids is 4. The van der Waals surface area contributed by atoms with E-state index in [2.05, 4.69) is 5.32 Å². The number of rotatable bonds is 8. The fourth-order valence-electron chi connectivity index (χ4n) is 3.46. The minimum atomic E-state index is -0.721. The fraction of sp³-hybridized carbons (Fsp3) is 0.111. The number of carbonyl (C=O) groups is 4. The molecule has 1 saturated heterocycles. The lowest BCUT2D eigenvalue weighted by atomic mass is 10.1. The van der Waals surface area contributed by atoms with Crippen molar-refractivity contribution in [1.29, 1.82) is 0 Å². The molecule has 11 heteroatoms. The number of amides is 3. The Balaban J connectivity index is 1.53. The van der Waals surface area contributed by atoms with Crippen molar-refractivity contribution >= 4 is 69.8 Å². The van der Waals surface area contributed by atoms with Crippen LogP contribution < -0.4 is 14.8 Å². The third kappa shape index (κ3) is 6.36. The molecule has 0 aliphatic carbocycles. The van der Waals surface area contributed by atoms with Crippen molar-refractivity contribution in [1.82, 2.24) is 4.90 Å². The molecule has 0 atom stereocenters. The lowest BCUT2D eigenvalue weighted by Gasteiger charge is -2.14. The second-order valence-corrected chi connectivity index (χ2v) is 9.62. The molecule has 1 fully saturated rings. The van der Waals surface area contributed by atoms with E-state index in [-0.39, 0.29) is 38.6 Å². The first-order chi connectivity index (χ1) is 18.3. The third-order valence-corrected chi connectivity index (χ3v) is 6.67. The highest BCUT2D eigenvalue weighted by molar-refractivity contribution is 8.18. The van der Waals surface area contributed by atoms with E-state index in [1.807, 2.05) is 0 Å². The first-order valence-electron chi connectivity index (χ1n) is 11.3.